The Bertz CT molecular complexity index is 557. The number of hydrogen-bond donors (Lipinski definition) is 1. The Labute approximate surface area is 114 Å². The zero-order valence-corrected chi connectivity index (χ0v) is 10.9. The number of aliphatic hydroxyl groups excluding tert-OH is 1. The van der Waals surface area contributed by atoms with Gasteiger partial charge in [0.15, 0.2) is 0 Å². The molecule has 2 aromatic rings. The number of pyridine rings is 1. The molecule has 0 aliphatic rings. The highest BCUT2D eigenvalue weighted by Gasteiger charge is 2.10. The molecule has 0 radical (unpaired) electrons. The second-order valence-corrected chi connectivity index (χ2v) is 4.63. The largest absolute Gasteiger partial charge is 0.392 e. The smallest absolute Gasteiger partial charge is 0.0784 e. The molecule has 0 amide bonds. The van der Waals surface area contributed by atoms with Crippen LogP contribution in [0.4, 0.5) is 0 Å². The summed E-state index contributed by atoms with van der Waals surface area (Å²) in [5.74, 6) is 0. The van der Waals surface area contributed by atoms with E-state index >= 15 is 0 Å². The van der Waals surface area contributed by atoms with E-state index in [1.54, 1.807) is 30.6 Å². The van der Waals surface area contributed by atoms with Gasteiger partial charge in [0, 0.05) is 23.5 Å². The highest BCUT2D eigenvalue weighted by Crippen LogP contribution is 2.37. The first-order chi connectivity index (χ1) is 8.13. The monoisotopic (exact) mass is 287 g/mol. The minimum atomic E-state index is -0.0697. The summed E-state index contributed by atoms with van der Waals surface area (Å²) in [5.41, 5.74) is 2.24. The maximum Gasteiger partial charge on any atom is 0.0784 e. The van der Waals surface area contributed by atoms with Crippen LogP contribution in [0.3, 0.4) is 0 Å². The molecule has 88 valence electrons. The molecular formula is C12H8Cl3NO. The molecule has 0 aliphatic carbocycles. The SMILES string of the molecule is OCc1cncc(-c2ccc(Cl)c(Cl)c2Cl)c1. The molecule has 0 saturated carbocycles. The second kappa shape index (κ2) is 5.23. The molecule has 0 fully saturated rings. The van der Waals surface area contributed by atoms with Crippen LogP contribution in [0.15, 0.2) is 30.6 Å². The molecular weight excluding hydrogens is 280 g/mol. The van der Waals surface area contributed by atoms with Crippen LogP contribution in [0.2, 0.25) is 15.1 Å². The van der Waals surface area contributed by atoms with Crippen LogP contribution in [0.25, 0.3) is 11.1 Å². The van der Waals surface area contributed by atoms with Gasteiger partial charge >= 0.3 is 0 Å². The Morgan fingerprint density at radius 3 is 2.53 bits per heavy atom. The summed E-state index contributed by atoms with van der Waals surface area (Å²) < 4.78 is 0. The van der Waals surface area contributed by atoms with Gasteiger partial charge in [0.2, 0.25) is 0 Å². The first-order valence-electron chi connectivity index (χ1n) is 4.82. The number of nitrogens with zero attached hydrogens (tertiary/aromatic N) is 1. The summed E-state index contributed by atoms with van der Waals surface area (Å²) in [6.07, 6.45) is 3.25. The molecule has 1 aromatic carbocycles. The van der Waals surface area contributed by atoms with Crippen molar-refractivity contribution in [3.63, 3.8) is 0 Å². The van der Waals surface area contributed by atoms with Crippen LogP contribution >= 0.6 is 34.8 Å². The molecule has 1 heterocycles. The molecule has 0 unspecified atom stereocenters. The minimum Gasteiger partial charge on any atom is -0.392 e. The van der Waals surface area contributed by atoms with Gasteiger partial charge in [0.05, 0.1) is 21.7 Å². The lowest BCUT2D eigenvalue weighted by atomic mass is 10.1. The topological polar surface area (TPSA) is 33.1 Å². The highest BCUT2D eigenvalue weighted by molar-refractivity contribution is 6.49. The van der Waals surface area contributed by atoms with Crippen LogP contribution < -0.4 is 0 Å². The number of aromatic nitrogens is 1. The minimum absolute atomic E-state index is 0.0697. The zero-order chi connectivity index (χ0) is 12.4. The van der Waals surface area contributed by atoms with Gasteiger partial charge in [-0.1, -0.05) is 40.9 Å². The Morgan fingerprint density at radius 1 is 1.06 bits per heavy atom. The van der Waals surface area contributed by atoms with Gasteiger partial charge in [-0.3, -0.25) is 4.98 Å². The van der Waals surface area contributed by atoms with Gasteiger partial charge in [-0.25, -0.2) is 0 Å². The van der Waals surface area contributed by atoms with E-state index in [-0.39, 0.29) is 6.61 Å². The first kappa shape index (κ1) is 12.7. The van der Waals surface area contributed by atoms with Crippen molar-refractivity contribution in [1.82, 2.24) is 4.98 Å². The zero-order valence-electron chi connectivity index (χ0n) is 8.62. The van der Waals surface area contributed by atoms with Gasteiger partial charge in [-0.05, 0) is 17.7 Å². The molecule has 2 nitrogen and oxygen atoms in total. The predicted molar refractivity (Wildman–Crippen MR) is 70.6 cm³/mol. The lowest BCUT2D eigenvalue weighted by molar-refractivity contribution is 0.281. The summed E-state index contributed by atoms with van der Waals surface area (Å²) in [6, 6.07) is 5.25. The summed E-state index contributed by atoms with van der Waals surface area (Å²) in [7, 11) is 0. The third-order valence-electron chi connectivity index (χ3n) is 2.32. The summed E-state index contributed by atoms with van der Waals surface area (Å²) in [5, 5.41) is 10.2. The molecule has 2 rings (SSSR count). The Hall–Kier alpha value is -0.800. The van der Waals surface area contributed by atoms with Crippen molar-refractivity contribution in [3.8, 4) is 11.1 Å². The van der Waals surface area contributed by atoms with E-state index in [4.69, 9.17) is 39.9 Å². The summed E-state index contributed by atoms with van der Waals surface area (Å²) >= 11 is 18.0. The third-order valence-corrected chi connectivity index (χ3v) is 3.62. The van der Waals surface area contributed by atoms with Crippen molar-refractivity contribution in [1.29, 1.82) is 0 Å². The van der Waals surface area contributed by atoms with Crippen LogP contribution in [-0.2, 0) is 6.61 Å². The number of hydrogen-bond acceptors (Lipinski definition) is 2. The Kier molecular flexibility index (Phi) is 3.89. The highest BCUT2D eigenvalue weighted by atomic mass is 35.5. The van der Waals surface area contributed by atoms with Crippen molar-refractivity contribution < 1.29 is 5.11 Å². The van der Waals surface area contributed by atoms with E-state index in [0.29, 0.717) is 20.6 Å². The molecule has 1 N–H and O–H groups in total. The summed E-state index contributed by atoms with van der Waals surface area (Å²) in [6.45, 7) is -0.0697. The third kappa shape index (κ3) is 2.55. The maximum absolute atomic E-state index is 9.06. The molecule has 1 aromatic heterocycles. The van der Waals surface area contributed by atoms with E-state index in [0.717, 1.165) is 11.1 Å². The number of halogens is 3. The van der Waals surface area contributed by atoms with Crippen molar-refractivity contribution in [2.45, 2.75) is 6.61 Å². The van der Waals surface area contributed by atoms with Gasteiger partial charge in [-0.2, -0.15) is 0 Å². The van der Waals surface area contributed by atoms with Gasteiger partial charge in [0.1, 0.15) is 0 Å². The van der Waals surface area contributed by atoms with E-state index in [2.05, 4.69) is 4.98 Å². The van der Waals surface area contributed by atoms with Gasteiger partial charge in [0.25, 0.3) is 0 Å². The van der Waals surface area contributed by atoms with Crippen LogP contribution in [0.5, 0.6) is 0 Å². The molecule has 0 bridgehead atoms. The summed E-state index contributed by atoms with van der Waals surface area (Å²) in [4.78, 5) is 4.03. The van der Waals surface area contributed by atoms with Crippen LogP contribution in [0.1, 0.15) is 5.56 Å². The Morgan fingerprint density at radius 2 is 1.82 bits per heavy atom. The first-order valence-corrected chi connectivity index (χ1v) is 5.95. The fourth-order valence-electron chi connectivity index (χ4n) is 1.47. The fourth-order valence-corrected chi connectivity index (χ4v) is 2.11. The predicted octanol–water partition coefficient (Wildman–Crippen LogP) is 4.20. The number of rotatable bonds is 2. The average Bonchev–Trinajstić information content (AvgIpc) is 2.36. The molecule has 17 heavy (non-hydrogen) atoms. The lowest BCUT2D eigenvalue weighted by Gasteiger charge is -2.08. The standard InChI is InChI=1S/C12H8Cl3NO/c13-10-2-1-9(11(14)12(10)15)8-3-7(6-17)4-16-5-8/h1-5,17H,6H2. The van der Waals surface area contributed by atoms with Crippen molar-refractivity contribution in [3.05, 3.63) is 51.2 Å². The fraction of sp³-hybridized carbons (Fsp3) is 0.0833. The van der Waals surface area contributed by atoms with Crippen molar-refractivity contribution >= 4 is 34.8 Å². The molecule has 0 atom stereocenters. The van der Waals surface area contributed by atoms with Gasteiger partial charge < -0.3 is 5.11 Å². The van der Waals surface area contributed by atoms with E-state index in [1.165, 1.54) is 0 Å². The number of benzene rings is 1. The molecule has 0 aliphatic heterocycles. The number of aliphatic hydroxyl groups is 1. The average molecular weight is 289 g/mol. The van der Waals surface area contributed by atoms with E-state index < -0.39 is 0 Å². The quantitative estimate of drug-likeness (QED) is 0.840. The second-order valence-electron chi connectivity index (χ2n) is 3.46. The molecule has 5 heteroatoms. The normalized spacial score (nSPS) is 10.6. The van der Waals surface area contributed by atoms with Crippen molar-refractivity contribution in [2.24, 2.45) is 0 Å². The van der Waals surface area contributed by atoms with Crippen LogP contribution in [-0.4, -0.2) is 10.1 Å². The molecule has 0 saturated heterocycles. The lowest BCUT2D eigenvalue weighted by Crippen LogP contribution is -1.88. The van der Waals surface area contributed by atoms with Crippen molar-refractivity contribution in [2.75, 3.05) is 0 Å². The Balaban J connectivity index is 2.56. The van der Waals surface area contributed by atoms with E-state index in [9.17, 15) is 0 Å². The molecule has 0 spiro atoms. The van der Waals surface area contributed by atoms with Crippen LogP contribution in [0, 0.1) is 0 Å². The van der Waals surface area contributed by atoms with E-state index in [1.807, 2.05) is 0 Å². The van der Waals surface area contributed by atoms with Gasteiger partial charge in [-0.15, -0.1) is 0 Å². The maximum atomic E-state index is 9.06.